The van der Waals surface area contributed by atoms with E-state index in [1.54, 1.807) is 0 Å². The molecule has 0 heterocycles. The number of halogens is 5. The van der Waals surface area contributed by atoms with Crippen molar-refractivity contribution >= 4 is 43.5 Å². The van der Waals surface area contributed by atoms with E-state index in [-0.39, 0.29) is 10.2 Å². The van der Waals surface area contributed by atoms with Crippen LogP contribution < -0.4 is 5.32 Å². The molecule has 2 nitrogen and oxygen atoms in total. The molecule has 7 heteroatoms. The molecule has 2 aromatic rings. The average molecular weight is 409 g/mol. The first-order valence-corrected chi connectivity index (χ1v) is 6.88. The maximum atomic E-state index is 13.6. The molecule has 0 spiro atoms. The molecule has 0 unspecified atom stereocenters. The van der Waals surface area contributed by atoms with Gasteiger partial charge in [-0.2, -0.15) is 0 Å². The molecule has 1 amide bonds. The monoisotopic (exact) mass is 407 g/mol. The number of carbonyl (C=O) groups is 1. The smallest absolute Gasteiger partial charge is 0.261 e. The number of anilines is 1. The SMILES string of the molecule is O=C(Nc1cc(Br)ccc1F)c1c(F)cc(Br)cc1F. The van der Waals surface area contributed by atoms with E-state index in [1.807, 2.05) is 0 Å². The molecule has 0 radical (unpaired) electrons. The Bertz CT molecular complexity index is 668. The zero-order valence-corrected chi connectivity index (χ0v) is 12.9. The number of amides is 1. The second kappa shape index (κ2) is 5.97. The molecule has 2 rings (SSSR count). The molecule has 0 aliphatic carbocycles. The second-order valence-corrected chi connectivity index (χ2v) is 5.65. The zero-order valence-electron chi connectivity index (χ0n) is 9.68. The predicted molar refractivity (Wildman–Crippen MR) is 76.1 cm³/mol. The van der Waals surface area contributed by atoms with Crippen molar-refractivity contribution in [2.45, 2.75) is 0 Å². The number of rotatable bonds is 2. The summed E-state index contributed by atoms with van der Waals surface area (Å²) in [5.74, 6) is -3.85. The lowest BCUT2D eigenvalue weighted by molar-refractivity contribution is 0.101. The van der Waals surface area contributed by atoms with Crippen LogP contribution in [0.2, 0.25) is 0 Å². The summed E-state index contributed by atoms with van der Waals surface area (Å²) in [6, 6.07) is 5.76. The molecule has 0 saturated heterocycles. The normalized spacial score (nSPS) is 10.4. The van der Waals surface area contributed by atoms with Crippen LogP contribution in [0, 0.1) is 17.5 Å². The maximum Gasteiger partial charge on any atom is 0.261 e. The highest BCUT2D eigenvalue weighted by Gasteiger charge is 2.19. The molecule has 20 heavy (non-hydrogen) atoms. The molecule has 1 N–H and O–H groups in total. The van der Waals surface area contributed by atoms with Gasteiger partial charge in [0.15, 0.2) is 0 Å². The first-order valence-electron chi connectivity index (χ1n) is 5.29. The maximum absolute atomic E-state index is 13.6. The summed E-state index contributed by atoms with van der Waals surface area (Å²) in [4.78, 5) is 11.8. The highest BCUT2D eigenvalue weighted by Crippen LogP contribution is 2.23. The third kappa shape index (κ3) is 3.21. The van der Waals surface area contributed by atoms with E-state index in [1.165, 1.54) is 12.1 Å². The Morgan fingerprint density at radius 2 is 1.50 bits per heavy atom. The quantitative estimate of drug-likeness (QED) is 0.753. The van der Waals surface area contributed by atoms with Gasteiger partial charge < -0.3 is 5.32 Å². The summed E-state index contributed by atoms with van der Waals surface area (Å²) in [5, 5.41) is 2.13. The molecule has 2 aromatic carbocycles. The lowest BCUT2D eigenvalue weighted by atomic mass is 10.1. The number of hydrogen-bond donors (Lipinski definition) is 1. The third-order valence-electron chi connectivity index (χ3n) is 2.41. The van der Waals surface area contributed by atoms with E-state index in [4.69, 9.17) is 0 Å². The highest BCUT2D eigenvalue weighted by molar-refractivity contribution is 9.10. The lowest BCUT2D eigenvalue weighted by Crippen LogP contribution is -2.16. The van der Waals surface area contributed by atoms with Crippen LogP contribution in [0.25, 0.3) is 0 Å². The summed E-state index contributed by atoms with van der Waals surface area (Å²) in [5.41, 5.74) is -0.946. The Kier molecular flexibility index (Phi) is 4.49. The van der Waals surface area contributed by atoms with Crippen molar-refractivity contribution in [3.8, 4) is 0 Å². The van der Waals surface area contributed by atoms with Crippen LogP contribution in [0.15, 0.2) is 39.3 Å². The van der Waals surface area contributed by atoms with E-state index >= 15 is 0 Å². The van der Waals surface area contributed by atoms with E-state index in [0.717, 1.165) is 18.2 Å². The minimum Gasteiger partial charge on any atom is -0.319 e. The van der Waals surface area contributed by atoms with Gasteiger partial charge >= 0.3 is 0 Å². The minimum absolute atomic E-state index is 0.165. The molecule has 0 fully saturated rings. The topological polar surface area (TPSA) is 29.1 Å². The molecular weight excluding hydrogens is 403 g/mol. The number of benzene rings is 2. The van der Waals surface area contributed by atoms with Crippen molar-refractivity contribution < 1.29 is 18.0 Å². The highest BCUT2D eigenvalue weighted by atomic mass is 79.9. The number of carbonyl (C=O) groups excluding carboxylic acids is 1. The summed E-state index contributed by atoms with van der Waals surface area (Å²) >= 11 is 6.01. The van der Waals surface area contributed by atoms with Crippen LogP contribution in [-0.4, -0.2) is 5.91 Å². The van der Waals surface area contributed by atoms with Crippen LogP contribution in [0.5, 0.6) is 0 Å². The van der Waals surface area contributed by atoms with E-state index in [0.29, 0.717) is 4.47 Å². The Labute approximate surface area is 129 Å². The first-order chi connectivity index (χ1) is 9.38. The number of nitrogens with one attached hydrogen (secondary N) is 1. The fourth-order valence-corrected chi connectivity index (χ4v) is 2.30. The minimum atomic E-state index is -1.07. The van der Waals surface area contributed by atoms with Gasteiger partial charge in [0.05, 0.1) is 5.69 Å². The first kappa shape index (κ1) is 15.1. The summed E-state index contributed by atoms with van der Waals surface area (Å²) in [6.45, 7) is 0. The van der Waals surface area contributed by atoms with Crippen molar-refractivity contribution in [1.29, 1.82) is 0 Å². The Morgan fingerprint density at radius 3 is 2.10 bits per heavy atom. The van der Waals surface area contributed by atoms with Crippen LogP contribution >= 0.6 is 31.9 Å². The van der Waals surface area contributed by atoms with Crippen molar-refractivity contribution in [3.05, 3.63) is 62.3 Å². The van der Waals surface area contributed by atoms with Gasteiger partial charge in [-0.25, -0.2) is 13.2 Å². The molecule has 104 valence electrons. The number of hydrogen-bond acceptors (Lipinski definition) is 1. The van der Waals surface area contributed by atoms with E-state index in [2.05, 4.69) is 37.2 Å². The van der Waals surface area contributed by atoms with Crippen LogP contribution in [0.3, 0.4) is 0 Å². The molecule has 0 aliphatic rings. The van der Waals surface area contributed by atoms with Gasteiger partial charge in [-0.15, -0.1) is 0 Å². The average Bonchev–Trinajstić information content (AvgIpc) is 2.32. The molecule has 0 bridgehead atoms. The Balaban J connectivity index is 2.36. The van der Waals surface area contributed by atoms with Crippen molar-refractivity contribution in [2.75, 3.05) is 5.32 Å². The van der Waals surface area contributed by atoms with Gasteiger partial charge in [0, 0.05) is 8.95 Å². The van der Waals surface area contributed by atoms with Gasteiger partial charge in [0.2, 0.25) is 0 Å². The fraction of sp³-hybridized carbons (Fsp3) is 0. The molecule has 0 aromatic heterocycles. The Morgan fingerprint density at radius 1 is 0.900 bits per heavy atom. The fourth-order valence-electron chi connectivity index (χ4n) is 1.54. The molecular formula is C13H6Br2F3NO. The van der Waals surface area contributed by atoms with E-state index in [9.17, 15) is 18.0 Å². The molecule has 0 aliphatic heterocycles. The van der Waals surface area contributed by atoms with E-state index < -0.39 is 28.9 Å². The van der Waals surface area contributed by atoms with Crippen LogP contribution in [-0.2, 0) is 0 Å². The summed E-state index contributed by atoms with van der Waals surface area (Å²) < 4.78 is 41.4. The summed E-state index contributed by atoms with van der Waals surface area (Å²) in [7, 11) is 0. The molecule has 0 saturated carbocycles. The van der Waals surface area contributed by atoms with Gasteiger partial charge in [0.25, 0.3) is 5.91 Å². The zero-order chi connectivity index (χ0) is 14.9. The van der Waals surface area contributed by atoms with Crippen molar-refractivity contribution in [1.82, 2.24) is 0 Å². The van der Waals surface area contributed by atoms with Gasteiger partial charge in [-0.3, -0.25) is 4.79 Å². The van der Waals surface area contributed by atoms with Crippen LogP contribution in [0.1, 0.15) is 10.4 Å². The van der Waals surface area contributed by atoms with Crippen molar-refractivity contribution in [3.63, 3.8) is 0 Å². The molecule has 0 atom stereocenters. The van der Waals surface area contributed by atoms with Crippen molar-refractivity contribution in [2.24, 2.45) is 0 Å². The largest absolute Gasteiger partial charge is 0.319 e. The van der Waals surface area contributed by atoms with Gasteiger partial charge in [-0.1, -0.05) is 31.9 Å². The predicted octanol–water partition coefficient (Wildman–Crippen LogP) is 4.88. The Hall–Kier alpha value is -1.34. The lowest BCUT2D eigenvalue weighted by Gasteiger charge is -2.09. The standard InChI is InChI=1S/C13H6Br2F3NO/c14-6-1-2-8(16)11(5-6)19-13(20)12-9(17)3-7(15)4-10(12)18/h1-5H,(H,19,20). The third-order valence-corrected chi connectivity index (χ3v) is 3.36. The van der Waals surface area contributed by atoms with Gasteiger partial charge in [-0.05, 0) is 30.3 Å². The van der Waals surface area contributed by atoms with Crippen LogP contribution in [0.4, 0.5) is 18.9 Å². The summed E-state index contributed by atoms with van der Waals surface area (Å²) in [6.07, 6.45) is 0. The van der Waals surface area contributed by atoms with Gasteiger partial charge in [0.1, 0.15) is 23.0 Å². The second-order valence-electron chi connectivity index (χ2n) is 3.82.